The third kappa shape index (κ3) is 3.79. The van der Waals surface area contributed by atoms with Gasteiger partial charge >= 0.3 is 6.18 Å². The zero-order valence-electron chi connectivity index (χ0n) is 17.5. The van der Waals surface area contributed by atoms with E-state index < -0.39 is 17.6 Å². The van der Waals surface area contributed by atoms with Gasteiger partial charge in [-0.3, -0.25) is 14.6 Å². The van der Waals surface area contributed by atoms with E-state index in [1.54, 1.807) is 48.8 Å². The lowest BCUT2D eigenvalue weighted by Gasteiger charge is -2.14. The van der Waals surface area contributed by atoms with Crippen molar-refractivity contribution in [3.05, 3.63) is 95.0 Å². The first-order valence-electron chi connectivity index (χ1n) is 10.2. The summed E-state index contributed by atoms with van der Waals surface area (Å²) in [4.78, 5) is 34.4. The lowest BCUT2D eigenvalue weighted by molar-refractivity contribution is -0.137. The molecule has 1 N–H and O–H groups in total. The minimum Gasteiger partial charge on any atom is -0.324 e. The molecule has 0 aliphatic rings. The highest BCUT2D eigenvalue weighted by Crippen LogP contribution is 2.34. The van der Waals surface area contributed by atoms with Crippen LogP contribution in [0.25, 0.3) is 28.1 Å². The van der Waals surface area contributed by atoms with Crippen molar-refractivity contribution in [3.63, 3.8) is 0 Å². The minimum absolute atomic E-state index is 0.194. The normalized spacial score (nSPS) is 11.7. The molecule has 2 aromatic carbocycles. The Kier molecular flexibility index (Phi) is 5.12. The second kappa shape index (κ2) is 8.14. The molecule has 0 aliphatic heterocycles. The number of amides is 1. The van der Waals surface area contributed by atoms with Crippen LogP contribution in [0, 0.1) is 0 Å². The van der Waals surface area contributed by atoms with Crippen LogP contribution in [0.3, 0.4) is 0 Å². The van der Waals surface area contributed by atoms with Gasteiger partial charge < -0.3 is 9.88 Å². The lowest BCUT2D eigenvalue weighted by Crippen LogP contribution is -2.22. The number of hydrogen-bond donors (Lipinski definition) is 1. The maximum Gasteiger partial charge on any atom is 0.418 e. The van der Waals surface area contributed by atoms with Crippen molar-refractivity contribution in [3.8, 4) is 11.3 Å². The fourth-order valence-electron chi connectivity index (χ4n) is 3.87. The number of rotatable bonds is 4. The second-order valence-corrected chi connectivity index (χ2v) is 7.52. The summed E-state index contributed by atoms with van der Waals surface area (Å²) >= 11 is 0. The number of carbonyl (C=O) groups is 1. The summed E-state index contributed by atoms with van der Waals surface area (Å²) in [6.45, 7) is -0.352. The third-order valence-corrected chi connectivity index (χ3v) is 5.34. The van der Waals surface area contributed by atoms with Crippen LogP contribution in [-0.2, 0) is 17.5 Å². The predicted octanol–water partition coefficient (Wildman–Crippen LogP) is 4.37. The van der Waals surface area contributed by atoms with Crippen molar-refractivity contribution in [2.45, 2.75) is 12.7 Å². The largest absolute Gasteiger partial charge is 0.418 e. The SMILES string of the molecule is O=C(Cn1c2ccccc2n2c(=O)cc(-c3ccncc3)nc12)Nc1ccccc1C(F)(F)F. The van der Waals surface area contributed by atoms with Crippen molar-refractivity contribution in [2.75, 3.05) is 5.32 Å². The van der Waals surface area contributed by atoms with Crippen LogP contribution in [0.2, 0.25) is 0 Å². The average Bonchev–Trinajstić information content (AvgIpc) is 3.13. The highest BCUT2D eigenvalue weighted by Gasteiger charge is 2.33. The molecule has 0 fully saturated rings. The van der Waals surface area contributed by atoms with Crippen LogP contribution in [0.4, 0.5) is 18.9 Å². The lowest BCUT2D eigenvalue weighted by atomic mass is 10.1. The highest BCUT2D eigenvalue weighted by molar-refractivity contribution is 5.93. The molecule has 0 bridgehead atoms. The van der Waals surface area contributed by atoms with E-state index in [0.29, 0.717) is 22.3 Å². The first-order chi connectivity index (χ1) is 16.3. The quantitative estimate of drug-likeness (QED) is 0.429. The molecule has 0 aliphatic carbocycles. The smallest absolute Gasteiger partial charge is 0.324 e. The summed E-state index contributed by atoms with van der Waals surface area (Å²) in [5.74, 6) is -0.497. The summed E-state index contributed by atoms with van der Waals surface area (Å²) in [7, 11) is 0. The Morgan fingerprint density at radius 2 is 1.62 bits per heavy atom. The van der Waals surface area contributed by atoms with Crippen LogP contribution >= 0.6 is 0 Å². The van der Waals surface area contributed by atoms with Crippen molar-refractivity contribution in [1.82, 2.24) is 18.9 Å². The van der Waals surface area contributed by atoms with Crippen molar-refractivity contribution >= 4 is 28.4 Å². The molecule has 10 heteroatoms. The summed E-state index contributed by atoms with van der Waals surface area (Å²) in [5, 5.41) is 2.34. The van der Waals surface area contributed by atoms with Gasteiger partial charge in [0.25, 0.3) is 5.56 Å². The molecular formula is C24H16F3N5O2. The van der Waals surface area contributed by atoms with E-state index in [-0.39, 0.29) is 23.6 Å². The highest BCUT2D eigenvalue weighted by atomic mass is 19.4. The number of benzene rings is 2. The Morgan fingerprint density at radius 3 is 2.35 bits per heavy atom. The Bertz CT molecular complexity index is 1590. The van der Waals surface area contributed by atoms with E-state index in [0.717, 1.165) is 6.07 Å². The van der Waals surface area contributed by atoms with Gasteiger partial charge in [0.15, 0.2) is 0 Å². The Labute approximate surface area is 190 Å². The van der Waals surface area contributed by atoms with E-state index >= 15 is 0 Å². The number of fused-ring (bicyclic) bond motifs is 3. The number of alkyl halides is 3. The first kappa shape index (κ1) is 21.4. The van der Waals surface area contributed by atoms with Crippen LogP contribution in [-0.4, -0.2) is 24.8 Å². The van der Waals surface area contributed by atoms with E-state index in [1.165, 1.54) is 33.2 Å². The van der Waals surface area contributed by atoms with Gasteiger partial charge in [-0.25, -0.2) is 9.38 Å². The van der Waals surface area contributed by atoms with Gasteiger partial charge in [0, 0.05) is 24.0 Å². The van der Waals surface area contributed by atoms with Gasteiger partial charge in [0.2, 0.25) is 11.7 Å². The summed E-state index contributed by atoms with van der Waals surface area (Å²) in [5.41, 5.74) is 0.477. The van der Waals surface area contributed by atoms with Gasteiger partial charge in [-0.2, -0.15) is 13.2 Å². The first-order valence-corrected chi connectivity index (χ1v) is 10.2. The molecule has 0 spiro atoms. The number of anilines is 1. The maximum atomic E-state index is 13.3. The van der Waals surface area contributed by atoms with Gasteiger partial charge in [-0.05, 0) is 36.4 Å². The minimum atomic E-state index is -4.62. The standard InChI is InChI=1S/C24H16F3N5O2/c25-24(26,27)16-5-1-2-6-17(16)29-21(33)14-31-19-7-3-4-8-20(19)32-22(34)13-18(30-23(31)32)15-9-11-28-12-10-15/h1-13H,14H2,(H,29,33). The zero-order chi connectivity index (χ0) is 23.9. The molecule has 0 unspecified atom stereocenters. The molecular weight excluding hydrogens is 447 g/mol. The van der Waals surface area contributed by atoms with Gasteiger partial charge in [0.1, 0.15) is 6.54 Å². The van der Waals surface area contributed by atoms with E-state index in [4.69, 9.17) is 0 Å². The molecule has 5 aromatic rings. The van der Waals surface area contributed by atoms with E-state index in [9.17, 15) is 22.8 Å². The number of imidazole rings is 1. The molecule has 5 rings (SSSR count). The number of para-hydroxylation sites is 3. The van der Waals surface area contributed by atoms with Crippen LogP contribution in [0.5, 0.6) is 0 Å². The van der Waals surface area contributed by atoms with Crippen LogP contribution in [0.1, 0.15) is 5.56 Å². The molecule has 34 heavy (non-hydrogen) atoms. The summed E-state index contributed by atoms with van der Waals surface area (Å²) in [6.07, 6.45) is -1.48. The molecule has 3 aromatic heterocycles. The number of hydrogen-bond acceptors (Lipinski definition) is 4. The average molecular weight is 463 g/mol. The predicted molar refractivity (Wildman–Crippen MR) is 120 cm³/mol. The molecule has 0 atom stereocenters. The Morgan fingerprint density at radius 1 is 0.941 bits per heavy atom. The molecule has 0 radical (unpaired) electrons. The number of aromatic nitrogens is 4. The van der Waals surface area contributed by atoms with Crippen molar-refractivity contribution in [1.29, 1.82) is 0 Å². The number of nitrogens with one attached hydrogen (secondary N) is 1. The molecule has 3 heterocycles. The summed E-state index contributed by atoms with van der Waals surface area (Å²) in [6, 6.07) is 16.5. The zero-order valence-corrected chi connectivity index (χ0v) is 17.5. The monoisotopic (exact) mass is 463 g/mol. The van der Waals surface area contributed by atoms with Crippen molar-refractivity contribution in [2.24, 2.45) is 0 Å². The Balaban J connectivity index is 1.61. The number of halogens is 3. The van der Waals surface area contributed by atoms with Gasteiger partial charge in [0.05, 0.1) is 28.0 Å². The Hall–Kier alpha value is -4.47. The van der Waals surface area contributed by atoms with E-state index in [2.05, 4.69) is 15.3 Å². The van der Waals surface area contributed by atoms with Gasteiger partial charge in [-0.1, -0.05) is 24.3 Å². The third-order valence-electron chi connectivity index (χ3n) is 5.34. The molecule has 1 amide bonds. The molecule has 0 saturated carbocycles. The number of carbonyl (C=O) groups excluding carboxylic acids is 1. The fraction of sp³-hybridized carbons (Fsp3) is 0.0833. The van der Waals surface area contributed by atoms with Crippen LogP contribution in [0.15, 0.2) is 83.9 Å². The second-order valence-electron chi connectivity index (χ2n) is 7.52. The number of pyridine rings is 1. The number of nitrogens with zero attached hydrogens (tertiary/aromatic N) is 4. The maximum absolute atomic E-state index is 13.3. The van der Waals surface area contributed by atoms with Crippen LogP contribution < -0.4 is 10.9 Å². The molecule has 7 nitrogen and oxygen atoms in total. The summed E-state index contributed by atoms with van der Waals surface area (Å²) < 4.78 is 42.9. The van der Waals surface area contributed by atoms with Crippen molar-refractivity contribution < 1.29 is 18.0 Å². The topological polar surface area (TPSA) is 81.3 Å². The van der Waals surface area contributed by atoms with Gasteiger partial charge in [-0.15, -0.1) is 0 Å². The molecule has 0 saturated heterocycles. The molecule has 170 valence electrons. The fourth-order valence-corrected chi connectivity index (χ4v) is 3.87. The van der Waals surface area contributed by atoms with E-state index in [1.807, 2.05) is 0 Å².